The number of halogens is 2. The van der Waals surface area contributed by atoms with Crippen LogP contribution >= 0.6 is 28.7 Å². The number of pyridine rings is 1. The first-order valence-electron chi connectivity index (χ1n) is 3.16. The van der Waals surface area contributed by atoms with Crippen molar-refractivity contribution in [3.8, 4) is 0 Å². The molecule has 0 spiro atoms. The highest BCUT2D eigenvalue weighted by Gasteiger charge is 2.06. The summed E-state index contributed by atoms with van der Waals surface area (Å²) in [4.78, 5) is 3.91. The molecule has 1 heterocycles. The van der Waals surface area contributed by atoms with Crippen LogP contribution in [0.15, 0.2) is 21.1 Å². The highest BCUT2D eigenvalue weighted by molar-refractivity contribution is 9.10. The predicted molar refractivity (Wildman–Crippen MR) is 53.1 cm³/mol. The molecule has 0 aromatic carbocycles. The number of aromatic nitrogens is 1. The van der Waals surface area contributed by atoms with Gasteiger partial charge in [-0.25, -0.2) is 13.8 Å². The van der Waals surface area contributed by atoms with Gasteiger partial charge in [-0.15, -0.1) is 0 Å². The van der Waals surface area contributed by atoms with Crippen LogP contribution in [0.5, 0.6) is 0 Å². The molecule has 0 atom stereocenters. The largest absolute Gasteiger partial charge is 0.237 e. The van der Waals surface area contributed by atoms with Crippen molar-refractivity contribution in [3.63, 3.8) is 0 Å². The van der Waals surface area contributed by atoms with Gasteiger partial charge in [-0.2, -0.15) is 0 Å². The molecule has 1 rings (SSSR count). The van der Waals surface area contributed by atoms with Crippen LogP contribution in [-0.4, -0.2) is 10.7 Å². The van der Waals surface area contributed by atoms with Crippen molar-refractivity contribution in [2.45, 2.75) is 6.92 Å². The predicted octanol–water partition coefficient (Wildman–Crippen LogP) is 2.64. The fraction of sp³-hybridized carbons (Fsp3) is 0.143. The Morgan fingerprint density at radius 2 is 2.33 bits per heavy atom. The molecule has 0 aliphatic carbocycles. The van der Waals surface area contributed by atoms with E-state index in [4.69, 9.17) is 0 Å². The SMILES string of the molecule is C/C(=N\S)c1nc(Br)ccc1F. The quantitative estimate of drug-likeness (QED) is 0.462. The van der Waals surface area contributed by atoms with Gasteiger partial charge in [-0.3, -0.25) is 0 Å². The molecule has 5 heteroatoms. The molecular formula is C7H6BrFN2S. The van der Waals surface area contributed by atoms with Gasteiger partial charge in [0.1, 0.15) is 10.3 Å². The zero-order chi connectivity index (χ0) is 9.14. The zero-order valence-corrected chi connectivity index (χ0v) is 8.73. The Morgan fingerprint density at radius 3 is 2.92 bits per heavy atom. The van der Waals surface area contributed by atoms with E-state index in [2.05, 4.69) is 38.1 Å². The number of hydrogen-bond acceptors (Lipinski definition) is 3. The molecule has 0 aliphatic heterocycles. The summed E-state index contributed by atoms with van der Waals surface area (Å²) in [6.45, 7) is 1.64. The van der Waals surface area contributed by atoms with Gasteiger partial charge >= 0.3 is 0 Å². The molecule has 0 unspecified atom stereocenters. The summed E-state index contributed by atoms with van der Waals surface area (Å²) in [5, 5.41) is 0. The molecule has 0 radical (unpaired) electrons. The van der Waals surface area contributed by atoms with Crippen LogP contribution in [0.1, 0.15) is 12.6 Å². The van der Waals surface area contributed by atoms with Crippen LogP contribution < -0.4 is 0 Å². The smallest absolute Gasteiger partial charge is 0.150 e. The number of hydrogen-bond donors (Lipinski definition) is 1. The van der Waals surface area contributed by atoms with Crippen LogP contribution in [0.3, 0.4) is 0 Å². The lowest BCUT2D eigenvalue weighted by Gasteiger charge is -1.99. The summed E-state index contributed by atoms with van der Waals surface area (Å²) < 4.78 is 17.1. The molecule has 0 saturated carbocycles. The maximum atomic E-state index is 13.0. The van der Waals surface area contributed by atoms with Crippen LogP contribution in [-0.2, 0) is 0 Å². The molecule has 12 heavy (non-hydrogen) atoms. The second-order valence-electron chi connectivity index (χ2n) is 2.15. The van der Waals surface area contributed by atoms with Crippen molar-refractivity contribution >= 4 is 34.5 Å². The summed E-state index contributed by atoms with van der Waals surface area (Å²) >= 11 is 6.81. The Balaban J connectivity index is 3.23. The van der Waals surface area contributed by atoms with Gasteiger partial charge in [0.15, 0.2) is 5.82 Å². The first-order chi connectivity index (χ1) is 5.65. The molecule has 0 aliphatic rings. The van der Waals surface area contributed by atoms with E-state index in [0.29, 0.717) is 10.3 Å². The Hall–Kier alpha value is -0.420. The Kier molecular flexibility index (Phi) is 3.22. The average molecular weight is 249 g/mol. The molecule has 0 saturated heterocycles. The van der Waals surface area contributed by atoms with Gasteiger partial charge in [0, 0.05) is 0 Å². The number of thiol groups is 1. The van der Waals surface area contributed by atoms with Crippen LogP contribution in [0.2, 0.25) is 0 Å². The molecule has 1 aromatic heterocycles. The van der Waals surface area contributed by atoms with Gasteiger partial charge in [-0.05, 0) is 47.8 Å². The van der Waals surface area contributed by atoms with E-state index in [1.54, 1.807) is 6.92 Å². The van der Waals surface area contributed by atoms with Crippen molar-refractivity contribution in [2.24, 2.45) is 4.40 Å². The number of rotatable bonds is 1. The minimum atomic E-state index is -0.395. The third-order valence-corrected chi connectivity index (χ3v) is 2.05. The molecule has 1 aromatic rings. The van der Waals surface area contributed by atoms with Crippen molar-refractivity contribution in [3.05, 3.63) is 28.2 Å². The van der Waals surface area contributed by atoms with Crippen molar-refractivity contribution in [1.82, 2.24) is 4.98 Å². The zero-order valence-electron chi connectivity index (χ0n) is 6.25. The standard InChI is InChI=1S/C7H6BrFN2S/c1-4(11-12)7-5(9)2-3-6(8)10-7/h2-3,12H,1H3/b11-4+. The second-order valence-corrected chi connectivity index (χ2v) is 3.16. The summed E-state index contributed by atoms with van der Waals surface area (Å²) in [7, 11) is 0. The second kappa shape index (κ2) is 4.00. The van der Waals surface area contributed by atoms with E-state index in [0.717, 1.165) is 0 Å². The Labute approximate surface area is 83.6 Å². The lowest BCUT2D eigenvalue weighted by molar-refractivity contribution is 0.617. The average Bonchev–Trinajstić information content (AvgIpc) is 2.08. The Bertz CT molecular complexity index is 327. The fourth-order valence-electron chi connectivity index (χ4n) is 0.719. The van der Waals surface area contributed by atoms with Crippen molar-refractivity contribution in [1.29, 1.82) is 0 Å². The summed E-state index contributed by atoms with van der Waals surface area (Å²) in [5.74, 6) is -0.395. The third-order valence-electron chi connectivity index (χ3n) is 1.30. The van der Waals surface area contributed by atoms with E-state index in [-0.39, 0.29) is 5.69 Å². The highest BCUT2D eigenvalue weighted by Crippen LogP contribution is 2.11. The molecular weight excluding hydrogens is 243 g/mol. The maximum absolute atomic E-state index is 13.0. The van der Waals surface area contributed by atoms with E-state index >= 15 is 0 Å². The molecule has 2 nitrogen and oxygen atoms in total. The monoisotopic (exact) mass is 248 g/mol. The fourth-order valence-corrected chi connectivity index (χ4v) is 1.12. The van der Waals surface area contributed by atoms with Gasteiger partial charge in [0.2, 0.25) is 0 Å². The van der Waals surface area contributed by atoms with Gasteiger partial charge in [0.05, 0.1) is 5.71 Å². The minimum Gasteiger partial charge on any atom is -0.237 e. The van der Waals surface area contributed by atoms with E-state index in [1.165, 1.54) is 12.1 Å². The first kappa shape index (κ1) is 9.67. The lowest BCUT2D eigenvalue weighted by atomic mass is 10.2. The minimum absolute atomic E-state index is 0.222. The van der Waals surface area contributed by atoms with Crippen LogP contribution in [0.4, 0.5) is 4.39 Å². The van der Waals surface area contributed by atoms with E-state index in [9.17, 15) is 4.39 Å². The molecule has 0 amide bonds. The van der Waals surface area contributed by atoms with E-state index in [1.807, 2.05) is 0 Å². The van der Waals surface area contributed by atoms with Crippen molar-refractivity contribution in [2.75, 3.05) is 0 Å². The van der Waals surface area contributed by atoms with E-state index < -0.39 is 5.82 Å². The summed E-state index contributed by atoms with van der Waals surface area (Å²) in [6, 6.07) is 2.86. The molecule has 0 bridgehead atoms. The molecule has 0 N–H and O–H groups in total. The first-order valence-corrected chi connectivity index (χ1v) is 4.35. The third kappa shape index (κ3) is 2.04. The normalized spacial score (nSPS) is 11.8. The molecule has 64 valence electrons. The Morgan fingerprint density at radius 1 is 1.67 bits per heavy atom. The maximum Gasteiger partial charge on any atom is 0.150 e. The van der Waals surface area contributed by atoms with Gasteiger partial charge < -0.3 is 0 Å². The molecule has 0 fully saturated rings. The van der Waals surface area contributed by atoms with Crippen molar-refractivity contribution < 1.29 is 4.39 Å². The lowest BCUT2D eigenvalue weighted by Crippen LogP contribution is -2.01. The van der Waals surface area contributed by atoms with Crippen LogP contribution in [0, 0.1) is 5.82 Å². The topological polar surface area (TPSA) is 25.2 Å². The highest BCUT2D eigenvalue weighted by atomic mass is 79.9. The van der Waals surface area contributed by atoms with Gasteiger partial charge in [0.25, 0.3) is 0 Å². The number of nitrogens with zero attached hydrogens (tertiary/aromatic N) is 2. The summed E-state index contributed by atoms with van der Waals surface area (Å²) in [5.41, 5.74) is 0.677. The summed E-state index contributed by atoms with van der Waals surface area (Å²) in [6.07, 6.45) is 0. The van der Waals surface area contributed by atoms with Crippen LogP contribution in [0.25, 0.3) is 0 Å². The van der Waals surface area contributed by atoms with Gasteiger partial charge in [-0.1, -0.05) is 0 Å².